The van der Waals surface area contributed by atoms with Crippen LogP contribution in [0.3, 0.4) is 0 Å². The summed E-state index contributed by atoms with van der Waals surface area (Å²) in [5, 5.41) is 8.46. The number of aromatic amines is 1. The number of hydrogen-bond donors (Lipinski definition) is 2. The number of anilines is 1. The smallest absolute Gasteiger partial charge is 0.240 e. The SMILES string of the molecule is COc1ccc(C(=O)c2ccc(CN(c3ccccc3)S(=O)(=O)C(C)CO)[nH]2)c(C)c1. The molecule has 1 aromatic heterocycles. The Morgan fingerprint density at radius 3 is 2.45 bits per heavy atom. The monoisotopic (exact) mass is 442 g/mol. The number of nitrogens with zero attached hydrogens (tertiary/aromatic N) is 1. The number of ether oxygens (including phenoxy) is 1. The van der Waals surface area contributed by atoms with E-state index in [4.69, 9.17) is 4.74 Å². The zero-order valence-electron chi connectivity index (χ0n) is 17.7. The van der Waals surface area contributed by atoms with Gasteiger partial charge in [0.1, 0.15) is 11.0 Å². The number of ketones is 1. The van der Waals surface area contributed by atoms with Gasteiger partial charge >= 0.3 is 0 Å². The minimum atomic E-state index is -3.82. The van der Waals surface area contributed by atoms with Crippen LogP contribution in [0.4, 0.5) is 5.69 Å². The average molecular weight is 443 g/mol. The molecule has 7 nitrogen and oxygen atoms in total. The average Bonchev–Trinajstić information content (AvgIpc) is 3.25. The van der Waals surface area contributed by atoms with Crippen LogP contribution in [0.15, 0.2) is 60.7 Å². The van der Waals surface area contributed by atoms with Crippen LogP contribution < -0.4 is 9.04 Å². The molecule has 2 aromatic carbocycles. The van der Waals surface area contributed by atoms with E-state index in [9.17, 15) is 18.3 Å². The quantitative estimate of drug-likeness (QED) is 0.496. The van der Waals surface area contributed by atoms with E-state index in [1.165, 1.54) is 11.2 Å². The largest absolute Gasteiger partial charge is 0.497 e. The summed E-state index contributed by atoms with van der Waals surface area (Å²) in [6.45, 7) is 2.81. The van der Waals surface area contributed by atoms with Crippen molar-refractivity contribution in [2.24, 2.45) is 0 Å². The number of carbonyl (C=O) groups is 1. The van der Waals surface area contributed by atoms with Gasteiger partial charge in [0.25, 0.3) is 0 Å². The Morgan fingerprint density at radius 1 is 1.13 bits per heavy atom. The standard InChI is InChI=1S/C23H26N2O5S/c1-16-13-20(30-3)10-11-21(16)23(27)22-12-9-18(24-22)14-25(19-7-5-4-6-8-19)31(28,29)17(2)15-26/h4-13,17,24,26H,14-15H2,1-3H3. The molecule has 8 heteroatoms. The first-order chi connectivity index (χ1) is 14.8. The Hall–Kier alpha value is -3.10. The number of aromatic nitrogens is 1. The van der Waals surface area contributed by atoms with Gasteiger partial charge in [-0.05, 0) is 61.9 Å². The molecule has 1 heterocycles. The number of aliphatic hydroxyl groups is 1. The molecule has 31 heavy (non-hydrogen) atoms. The number of H-pyrrole nitrogens is 1. The Kier molecular flexibility index (Phi) is 6.82. The van der Waals surface area contributed by atoms with Gasteiger partial charge in [-0.15, -0.1) is 0 Å². The fourth-order valence-electron chi connectivity index (χ4n) is 3.22. The normalized spacial score (nSPS) is 12.4. The lowest BCUT2D eigenvalue weighted by Gasteiger charge is -2.26. The van der Waals surface area contributed by atoms with E-state index in [1.54, 1.807) is 67.8 Å². The highest BCUT2D eigenvalue weighted by atomic mass is 32.2. The molecule has 0 fully saturated rings. The van der Waals surface area contributed by atoms with Crippen LogP contribution in [0.1, 0.15) is 34.2 Å². The molecule has 2 N–H and O–H groups in total. The predicted octanol–water partition coefficient (Wildman–Crippen LogP) is 3.28. The number of para-hydroxylation sites is 1. The third-order valence-electron chi connectivity index (χ3n) is 5.10. The van der Waals surface area contributed by atoms with Crippen LogP contribution in [0.2, 0.25) is 0 Å². The molecule has 0 amide bonds. The van der Waals surface area contributed by atoms with Crippen molar-refractivity contribution in [3.63, 3.8) is 0 Å². The molecule has 0 aliphatic rings. The van der Waals surface area contributed by atoms with Gasteiger partial charge in [0.15, 0.2) is 0 Å². The minimum absolute atomic E-state index is 0.00552. The van der Waals surface area contributed by atoms with Gasteiger partial charge in [0, 0.05) is 11.3 Å². The summed E-state index contributed by atoms with van der Waals surface area (Å²) < 4.78 is 32.4. The van der Waals surface area contributed by atoms with Crippen LogP contribution in [0.5, 0.6) is 5.75 Å². The fourth-order valence-corrected chi connectivity index (χ4v) is 4.57. The van der Waals surface area contributed by atoms with E-state index < -0.39 is 21.9 Å². The number of nitrogens with one attached hydrogen (secondary N) is 1. The zero-order valence-corrected chi connectivity index (χ0v) is 18.5. The van der Waals surface area contributed by atoms with Crippen LogP contribution in [-0.4, -0.2) is 43.3 Å². The second kappa shape index (κ2) is 9.36. The number of sulfonamides is 1. The zero-order chi connectivity index (χ0) is 22.6. The first-order valence-corrected chi connectivity index (χ1v) is 11.3. The lowest BCUT2D eigenvalue weighted by atomic mass is 10.0. The first-order valence-electron chi connectivity index (χ1n) is 9.82. The number of aryl methyl sites for hydroxylation is 1. The van der Waals surface area contributed by atoms with E-state index >= 15 is 0 Å². The molecule has 1 unspecified atom stereocenters. The van der Waals surface area contributed by atoms with Crippen LogP contribution in [-0.2, 0) is 16.6 Å². The Morgan fingerprint density at radius 2 is 1.84 bits per heavy atom. The maximum Gasteiger partial charge on any atom is 0.240 e. The van der Waals surface area contributed by atoms with Gasteiger partial charge in [-0.25, -0.2) is 8.42 Å². The molecule has 0 saturated heterocycles. The summed E-state index contributed by atoms with van der Waals surface area (Å²) >= 11 is 0. The summed E-state index contributed by atoms with van der Waals surface area (Å²) in [5.41, 5.74) is 2.73. The summed E-state index contributed by atoms with van der Waals surface area (Å²) in [4.78, 5) is 16.0. The topological polar surface area (TPSA) is 99.7 Å². The number of carbonyl (C=O) groups excluding carboxylic acids is 1. The molecule has 0 aliphatic carbocycles. The maximum atomic E-state index is 13.0. The van der Waals surface area contributed by atoms with Crippen molar-refractivity contribution in [1.82, 2.24) is 4.98 Å². The van der Waals surface area contributed by atoms with Crippen molar-refractivity contribution in [1.29, 1.82) is 0 Å². The Balaban J connectivity index is 1.90. The molecule has 164 valence electrons. The molecule has 1 atom stereocenters. The van der Waals surface area contributed by atoms with Gasteiger partial charge in [-0.2, -0.15) is 0 Å². The van der Waals surface area contributed by atoms with Crippen LogP contribution in [0.25, 0.3) is 0 Å². The van der Waals surface area contributed by atoms with Crippen molar-refractivity contribution in [2.75, 3.05) is 18.0 Å². The van der Waals surface area contributed by atoms with Gasteiger partial charge in [0.05, 0.1) is 31.6 Å². The van der Waals surface area contributed by atoms with Crippen molar-refractivity contribution in [3.8, 4) is 5.75 Å². The molecule has 3 aromatic rings. The Labute approximate surface area is 182 Å². The van der Waals surface area contributed by atoms with Crippen molar-refractivity contribution >= 4 is 21.5 Å². The molecular weight excluding hydrogens is 416 g/mol. The van der Waals surface area contributed by atoms with E-state index in [0.29, 0.717) is 28.4 Å². The molecule has 0 bridgehead atoms. The molecule has 3 rings (SSSR count). The Bertz CT molecular complexity index is 1160. The van der Waals surface area contributed by atoms with Crippen molar-refractivity contribution < 1.29 is 23.1 Å². The van der Waals surface area contributed by atoms with Gasteiger partial charge < -0.3 is 14.8 Å². The number of aliphatic hydroxyl groups excluding tert-OH is 1. The highest BCUT2D eigenvalue weighted by Crippen LogP contribution is 2.24. The summed E-state index contributed by atoms with van der Waals surface area (Å²) in [7, 11) is -2.25. The number of hydrogen-bond acceptors (Lipinski definition) is 5. The van der Waals surface area contributed by atoms with E-state index in [1.807, 2.05) is 6.92 Å². The van der Waals surface area contributed by atoms with E-state index in [-0.39, 0.29) is 12.3 Å². The van der Waals surface area contributed by atoms with Crippen molar-refractivity contribution in [3.05, 3.63) is 83.2 Å². The third kappa shape index (κ3) is 4.81. The van der Waals surface area contributed by atoms with Gasteiger partial charge in [-0.3, -0.25) is 9.10 Å². The summed E-state index contributed by atoms with van der Waals surface area (Å²) in [5.74, 6) is 0.479. The number of methoxy groups -OCH3 is 1. The fraction of sp³-hybridized carbons (Fsp3) is 0.261. The highest BCUT2D eigenvalue weighted by molar-refractivity contribution is 7.93. The van der Waals surface area contributed by atoms with Crippen LogP contribution >= 0.6 is 0 Å². The van der Waals surface area contributed by atoms with Gasteiger partial charge in [-0.1, -0.05) is 18.2 Å². The molecule has 0 saturated carbocycles. The number of benzene rings is 2. The third-order valence-corrected chi connectivity index (χ3v) is 7.22. The lowest BCUT2D eigenvalue weighted by Crippen LogP contribution is -2.39. The molecule has 0 radical (unpaired) electrons. The maximum absolute atomic E-state index is 13.0. The summed E-state index contributed by atoms with van der Waals surface area (Å²) in [6, 6.07) is 17.2. The lowest BCUT2D eigenvalue weighted by molar-refractivity contribution is 0.103. The molecule has 0 aliphatic heterocycles. The second-order valence-electron chi connectivity index (χ2n) is 7.29. The molecular formula is C23H26N2O5S. The predicted molar refractivity (Wildman–Crippen MR) is 120 cm³/mol. The van der Waals surface area contributed by atoms with Crippen molar-refractivity contribution in [2.45, 2.75) is 25.6 Å². The van der Waals surface area contributed by atoms with E-state index in [0.717, 1.165) is 5.56 Å². The molecule has 0 spiro atoms. The second-order valence-corrected chi connectivity index (χ2v) is 9.56. The minimum Gasteiger partial charge on any atom is -0.497 e. The number of rotatable bonds is 9. The highest BCUT2D eigenvalue weighted by Gasteiger charge is 2.29. The van der Waals surface area contributed by atoms with Gasteiger partial charge in [0.2, 0.25) is 15.8 Å². The van der Waals surface area contributed by atoms with E-state index in [2.05, 4.69) is 4.98 Å². The van der Waals surface area contributed by atoms with Crippen LogP contribution in [0, 0.1) is 6.92 Å². The first kappa shape index (κ1) is 22.6. The summed E-state index contributed by atoms with van der Waals surface area (Å²) in [6.07, 6.45) is 0.